The van der Waals surface area contributed by atoms with Gasteiger partial charge in [-0.2, -0.15) is 0 Å². The minimum atomic E-state index is -1.05. The lowest BCUT2D eigenvalue weighted by atomic mass is 10.0. The van der Waals surface area contributed by atoms with Crippen molar-refractivity contribution >= 4 is 29.4 Å². The standard InChI is InChI=1S/C21H24N2O7/c1-2-29-11-4-3-6-13(24)12-30-16-8-5-7-14-18(16)21(28)23(20(14)27)15-9-10-17(25)22-19(15)26/h5,7-8,15H,2-4,6,9-12H2,1H3,(H,22,25,26). The molecule has 1 unspecified atom stereocenters. The van der Waals surface area contributed by atoms with Crippen LogP contribution in [0.3, 0.4) is 0 Å². The number of hydrogen-bond acceptors (Lipinski definition) is 7. The molecule has 0 aliphatic carbocycles. The van der Waals surface area contributed by atoms with Gasteiger partial charge < -0.3 is 9.47 Å². The number of piperidine rings is 1. The molecule has 1 N–H and O–H groups in total. The molecule has 9 nitrogen and oxygen atoms in total. The molecule has 0 bridgehead atoms. The SMILES string of the molecule is CCOCCCCC(=O)COc1cccc2c1C(=O)N(C1CCC(=O)NC1=O)C2=O. The van der Waals surface area contributed by atoms with Crippen LogP contribution >= 0.6 is 0 Å². The van der Waals surface area contributed by atoms with E-state index >= 15 is 0 Å². The van der Waals surface area contributed by atoms with Crippen LogP contribution < -0.4 is 10.1 Å². The van der Waals surface area contributed by atoms with Crippen LogP contribution in [0.1, 0.15) is 59.7 Å². The summed E-state index contributed by atoms with van der Waals surface area (Å²) in [6, 6.07) is 3.50. The zero-order valence-corrected chi connectivity index (χ0v) is 16.8. The second-order valence-electron chi connectivity index (χ2n) is 7.11. The molecule has 4 amide bonds. The summed E-state index contributed by atoms with van der Waals surface area (Å²) >= 11 is 0. The van der Waals surface area contributed by atoms with Gasteiger partial charge in [0.2, 0.25) is 11.8 Å². The van der Waals surface area contributed by atoms with E-state index in [2.05, 4.69) is 5.32 Å². The Morgan fingerprint density at radius 3 is 2.70 bits per heavy atom. The number of unbranched alkanes of at least 4 members (excludes halogenated alkanes) is 1. The smallest absolute Gasteiger partial charge is 0.266 e. The molecule has 3 rings (SSSR count). The molecular weight excluding hydrogens is 392 g/mol. The molecule has 30 heavy (non-hydrogen) atoms. The Bertz CT molecular complexity index is 880. The Morgan fingerprint density at radius 1 is 1.17 bits per heavy atom. The number of benzene rings is 1. The van der Waals surface area contributed by atoms with Gasteiger partial charge in [0.25, 0.3) is 11.8 Å². The van der Waals surface area contributed by atoms with Crippen molar-refractivity contribution in [3.8, 4) is 5.75 Å². The average Bonchev–Trinajstić information content (AvgIpc) is 2.97. The van der Waals surface area contributed by atoms with Crippen molar-refractivity contribution in [1.82, 2.24) is 10.2 Å². The van der Waals surface area contributed by atoms with E-state index in [9.17, 15) is 24.0 Å². The Balaban J connectivity index is 1.66. The minimum absolute atomic E-state index is 0.0383. The molecule has 1 aromatic rings. The summed E-state index contributed by atoms with van der Waals surface area (Å²) in [7, 11) is 0. The highest BCUT2D eigenvalue weighted by Crippen LogP contribution is 2.33. The molecule has 1 aromatic carbocycles. The average molecular weight is 416 g/mol. The Morgan fingerprint density at radius 2 is 1.97 bits per heavy atom. The molecule has 0 radical (unpaired) electrons. The number of carbonyl (C=O) groups excluding carboxylic acids is 5. The fraction of sp³-hybridized carbons (Fsp3) is 0.476. The molecular formula is C21H24N2O7. The zero-order valence-electron chi connectivity index (χ0n) is 16.8. The summed E-state index contributed by atoms with van der Waals surface area (Å²) in [4.78, 5) is 62.1. The predicted molar refractivity (Wildman–Crippen MR) is 104 cm³/mol. The molecule has 2 aliphatic heterocycles. The fourth-order valence-corrected chi connectivity index (χ4v) is 3.51. The van der Waals surface area contributed by atoms with E-state index < -0.39 is 29.7 Å². The number of hydrogen-bond donors (Lipinski definition) is 1. The Labute approximate surface area is 173 Å². The van der Waals surface area contributed by atoms with Gasteiger partial charge in [-0.05, 0) is 38.3 Å². The summed E-state index contributed by atoms with van der Waals surface area (Å²) in [6.07, 6.45) is 1.90. The summed E-state index contributed by atoms with van der Waals surface area (Å²) in [5.41, 5.74) is 0.155. The second-order valence-corrected chi connectivity index (χ2v) is 7.11. The topological polar surface area (TPSA) is 119 Å². The van der Waals surface area contributed by atoms with Gasteiger partial charge >= 0.3 is 0 Å². The van der Waals surface area contributed by atoms with E-state index in [0.29, 0.717) is 26.1 Å². The van der Waals surface area contributed by atoms with Crippen LogP contribution in [0.25, 0.3) is 0 Å². The predicted octanol–water partition coefficient (Wildman–Crippen LogP) is 1.24. The largest absolute Gasteiger partial charge is 0.485 e. The molecule has 160 valence electrons. The van der Waals surface area contributed by atoms with Crippen LogP contribution in [-0.4, -0.2) is 60.2 Å². The minimum Gasteiger partial charge on any atom is -0.485 e. The zero-order chi connectivity index (χ0) is 21.7. The van der Waals surface area contributed by atoms with Gasteiger partial charge in [-0.3, -0.25) is 34.2 Å². The van der Waals surface area contributed by atoms with Crippen molar-refractivity contribution in [2.75, 3.05) is 19.8 Å². The van der Waals surface area contributed by atoms with Crippen molar-refractivity contribution in [3.63, 3.8) is 0 Å². The lowest BCUT2D eigenvalue weighted by Crippen LogP contribution is -2.54. The number of imide groups is 2. The fourth-order valence-electron chi connectivity index (χ4n) is 3.51. The van der Waals surface area contributed by atoms with Gasteiger partial charge in [-0.1, -0.05) is 6.07 Å². The first-order valence-corrected chi connectivity index (χ1v) is 10.0. The molecule has 1 atom stereocenters. The van der Waals surface area contributed by atoms with E-state index in [-0.39, 0.29) is 42.1 Å². The van der Waals surface area contributed by atoms with Crippen LogP contribution in [0.15, 0.2) is 18.2 Å². The Kier molecular flexibility index (Phi) is 6.94. The maximum atomic E-state index is 12.9. The van der Waals surface area contributed by atoms with Crippen molar-refractivity contribution in [2.24, 2.45) is 0 Å². The molecule has 0 spiro atoms. The van der Waals surface area contributed by atoms with Gasteiger partial charge in [0.15, 0.2) is 5.78 Å². The van der Waals surface area contributed by atoms with Crippen molar-refractivity contribution in [2.45, 2.75) is 45.1 Å². The molecule has 1 fully saturated rings. The number of amides is 4. The van der Waals surface area contributed by atoms with E-state index in [4.69, 9.17) is 9.47 Å². The van der Waals surface area contributed by atoms with Gasteiger partial charge in [0, 0.05) is 26.1 Å². The molecule has 0 saturated carbocycles. The maximum Gasteiger partial charge on any atom is 0.266 e. The van der Waals surface area contributed by atoms with E-state index in [1.54, 1.807) is 6.07 Å². The quantitative estimate of drug-likeness (QED) is 0.450. The van der Waals surface area contributed by atoms with E-state index in [1.165, 1.54) is 12.1 Å². The summed E-state index contributed by atoms with van der Waals surface area (Å²) in [5.74, 6) is -2.38. The summed E-state index contributed by atoms with van der Waals surface area (Å²) in [6.45, 7) is 2.93. The normalized spacial score (nSPS) is 18.4. The first-order chi connectivity index (χ1) is 14.4. The number of nitrogens with one attached hydrogen (secondary N) is 1. The third-order valence-electron chi connectivity index (χ3n) is 5.02. The molecule has 2 heterocycles. The third kappa shape index (κ3) is 4.56. The number of nitrogens with zero attached hydrogens (tertiary/aromatic N) is 1. The molecule has 9 heteroatoms. The highest BCUT2D eigenvalue weighted by Gasteiger charge is 2.46. The maximum absolute atomic E-state index is 12.9. The molecule has 1 saturated heterocycles. The van der Waals surface area contributed by atoms with Crippen LogP contribution in [0, 0.1) is 0 Å². The van der Waals surface area contributed by atoms with Gasteiger partial charge in [0.05, 0.1) is 11.1 Å². The summed E-state index contributed by atoms with van der Waals surface area (Å²) in [5, 5.41) is 2.15. The van der Waals surface area contributed by atoms with Crippen molar-refractivity contribution in [1.29, 1.82) is 0 Å². The van der Waals surface area contributed by atoms with Gasteiger partial charge in [-0.25, -0.2) is 0 Å². The number of rotatable bonds is 10. The monoisotopic (exact) mass is 416 g/mol. The van der Waals surface area contributed by atoms with Crippen LogP contribution in [0.4, 0.5) is 0 Å². The molecule has 2 aliphatic rings. The summed E-state index contributed by atoms with van der Waals surface area (Å²) < 4.78 is 10.8. The first-order valence-electron chi connectivity index (χ1n) is 10.0. The number of Topliss-reactive ketones (excluding diaryl/α,β-unsaturated/α-hetero) is 1. The number of fused-ring (bicyclic) bond motifs is 1. The van der Waals surface area contributed by atoms with E-state index in [0.717, 1.165) is 11.3 Å². The Hall–Kier alpha value is -3.07. The highest BCUT2D eigenvalue weighted by atomic mass is 16.5. The lowest BCUT2D eigenvalue weighted by molar-refractivity contribution is -0.136. The number of carbonyl (C=O) groups is 5. The van der Waals surface area contributed by atoms with Gasteiger partial charge in [0.1, 0.15) is 18.4 Å². The number of ketones is 1. The molecule has 0 aromatic heterocycles. The first kappa shape index (κ1) is 21.6. The lowest BCUT2D eigenvalue weighted by Gasteiger charge is -2.27. The van der Waals surface area contributed by atoms with Crippen LogP contribution in [0.5, 0.6) is 5.75 Å². The van der Waals surface area contributed by atoms with Crippen molar-refractivity contribution < 1.29 is 33.4 Å². The second kappa shape index (κ2) is 9.62. The number of ether oxygens (including phenoxy) is 2. The van der Waals surface area contributed by atoms with Gasteiger partial charge in [-0.15, -0.1) is 0 Å². The van der Waals surface area contributed by atoms with E-state index in [1.807, 2.05) is 6.92 Å². The highest BCUT2D eigenvalue weighted by molar-refractivity contribution is 6.24. The van der Waals surface area contributed by atoms with Crippen molar-refractivity contribution in [3.05, 3.63) is 29.3 Å². The third-order valence-corrected chi connectivity index (χ3v) is 5.02. The van der Waals surface area contributed by atoms with Crippen LogP contribution in [-0.2, 0) is 19.1 Å². The van der Waals surface area contributed by atoms with Crippen LogP contribution in [0.2, 0.25) is 0 Å².